The van der Waals surface area contributed by atoms with E-state index < -0.39 is 0 Å². The third-order valence-electron chi connectivity index (χ3n) is 5.78. The van der Waals surface area contributed by atoms with Crippen LogP contribution in [0, 0.1) is 6.92 Å². The Morgan fingerprint density at radius 2 is 2.00 bits per heavy atom. The molecule has 0 unspecified atom stereocenters. The molecular formula is C26H25N3O2S. The number of fused-ring (bicyclic) bond motifs is 1. The van der Waals surface area contributed by atoms with Gasteiger partial charge in [-0.15, -0.1) is 11.3 Å². The van der Waals surface area contributed by atoms with E-state index in [2.05, 4.69) is 39.6 Å². The molecule has 162 valence electrons. The van der Waals surface area contributed by atoms with Crippen LogP contribution in [0.15, 0.2) is 70.6 Å². The van der Waals surface area contributed by atoms with Gasteiger partial charge in [-0.2, -0.15) is 0 Å². The summed E-state index contributed by atoms with van der Waals surface area (Å²) in [6, 6.07) is 18.4. The van der Waals surface area contributed by atoms with Crippen LogP contribution in [-0.4, -0.2) is 17.4 Å². The zero-order chi connectivity index (χ0) is 21.9. The molecule has 3 heterocycles. The molecule has 1 N–H and O–H groups in total. The first kappa shape index (κ1) is 20.5. The quantitative estimate of drug-likeness (QED) is 0.406. The number of oxazole rings is 1. The summed E-state index contributed by atoms with van der Waals surface area (Å²) in [6.45, 7) is 3.89. The zero-order valence-electron chi connectivity index (χ0n) is 18.0. The lowest BCUT2D eigenvalue weighted by atomic mass is 10.1. The number of thiophene rings is 1. The van der Waals surface area contributed by atoms with Crippen molar-refractivity contribution in [2.24, 2.45) is 0 Å². The van der Waals surface area contributed by atoms with Crippen molar-refractivity contribution in [3.05, 3.63) is 88.1 Å². The molecule has 0 spiro atoms. The molecule has 0 radical (unpaired) electrons. The third kappa shape index (κ3) is 4.46. The van der Waals surface area contributed by atoms with E-state index in [0.717, 1.165) is 42.2 Å². The number of hydrogen-bond acceptors (Lipinski definition) is 5. The summed E-state index contributed by atoms with van der Waals surface area (Å²) in [7, 11) is 0. The number of nitrogens with one attached hydrogen (secondary N) is 1. The monoisotopic (exact) mass is 443 g/mol. The zero-order valence-corrected chi connectivity index (χ0v) is 18.8. The number of hydrogen-bond donors (Lipinski definition) is 1. The summed E-state index contributed by atoms with van der Waals surface area (Å²) in [5.41, 5.74) is 5.49. The molecule has 2 aromatic carbocycles. The molecule has 0 bridgehead atoms. The maximum absolute atomic E-state index is 12.7. The highest BCUT2D eigenvalue weighted by atomic mass is 32.1. The normalized spacial score (nSPS) is 13.1. The highest BCUT2D eigenvalue weighted by Crippen LogP contribution is 2.32. The lowest BCUT2D eigenvalue weighted by molar-refractivity contribution is -0.116. The molecular weight excluding hydrogens is 418 g/mol. The number of nitrogens with zero attached hydrogens (tertiary/aromatic N) is 2. The maximum atomic E-state index is 12.7. The van der Waals surface area contributed by atoms with E-state index >= 15 is 0 Å². The highest BCUT2D eigenvalue weighted by Gasteiger charge is 2.20. The molecule has 5 nitrogen and oxygen atoms in total. The summed E-state index contributed by atoms with van der Waals surface area (Å²) in [5, 5.41) is 5.25. The fourth-order valence-electron chi connectivity index (χ4n) is 4.02. The number of carbonyl (C=O) groups is 1. The summed E-state index contributed by atoms with van der Waals surface area (Å²) in [6.07, 6.45) is 3.55. The molecule has 0 fully saturated rings. The summed E-state index contributed by atoms with van der Waals surface area (Å²) >= 11 is 1.83. The first-order chi connectivity index (χ1) is 15.7. The number of aryl methyl sites for hydroxylation is 2. The standard InChI is InChI=1S/C26H25N3O2S/c1-18-6-8-19(9-7-18)23-16-27-26(31-23)11-10-25(30)28-21-4-2-3-5-22(21)29-14-12-24-20(17-29)13-15-32-24/h2-9,13,15-16H,10-12,14,17H2,1H3,(H,28,30). The van der Waals surface area contributed by atoms with Crippen molar-refractivity contribution in [1.29, 1.82) is 0 Å². The summed E-state index contributed by atoms with van der Waals surface area (Å²) in [5.74, 6) is 1.26. The molecule has 6 heteroatoms. The van der Waals surface area contributed by atoms with Crippen LogP contribution in [0.2, 0.25) is 0 Å². The number of benzene rings is 2. The van der Waals surface area contributed by atoms with E-state index in [1.807, 2.05) is 53.8 Å². The summed E-state index contributed by atoms with van der Waals surface area (Å²) < 4.78 is 5.86. The number of carbonyl (C=O) groups excluding carboxylic acids is 1. The van der Waals surface area contributed by atoms with Crippen molar-refractivity contribution in [1.82, 2.24) is 4.98 Å². The van der Waals surface area contributed by atoms with E-state index in [1.54, 1.807) is 6.20 Å². The van der Waals surface area contributed by atoms with Crippen LogP contribution in [0.25, 0.3) is 11.3 Å². The minimum absolute atomic E-state index is 0.0410. The Labute approximate surface area is 191 Å². The van der Waals surface area contributed by atoms with Crippen LogP contribution in [0.4, 0.5) is 11.4 Å². The number of anilines is 2. The Morgan fingerprint density at radius 3 is 2.88 bits per heavy atom. The van der Waals surface area contributed by atoms with Crippen LogP contribution in [-0.2, 0) is 24.2 Å². The van der Waals surface area contributed by atoms with Gasteiger partial charge in [0.2, 0.25) is 5.91 Å². The molecule has 1 aliphatic heterocycles. The van der Waals surface area contributed by atoms with Gasteiger partial charge in [-0.1, -0.05) is 42.0 Å². The molecule has 0 saturated carbocycles. The molecule has 5 rings (SSSR count). The highest BCUT2D eigenvalue weighted by molar-refractivity contribution is 7.10. The molecule has 0 atom stereocenters. The number of rotatable bonds is 6. The lowest BCUT2D eigenvalue weighted by Gasteiger charge is -2.30. The van der Waals surface area contributed by atoms with Crippen molar-refractivity contribution in [2.75, 3.05) is 16.8 Å². The minimum atomic E-state index is -0.0410. The first-order valence-electron chi connectivity index (χ1n) is 10.9. The second-order valence-electron chi connectivity index (χ2n) is 8.09. The molecule has 1 amide bonds. The number of aromatic nitrogens is 1. The second-order valence-corrected chi connectivity index (χ2v) is 9.09. The van der Waals surface area contributed by atoms with Gasteiger partial charge < -0.3 is 14.6 Å². The predicted molar refractivity (Wildman–Crippen MR) is 129 cm³/mol. The van der Waals surface area contributed by atoms with Gasteiger partial charge in [0, 0.05) is 36.4 Å². The Bertz CT molecular complexity index is 1230. The van der Waals surface area contributed by atoms with E-state index in [1.165, 1.54) is 16.0 Å². The van der Waals surface area contributed by atoms with Gasteiger partial charge in [0.05, 0.1) is 17.6 Å². The van der Waals surface area contributed by atoms with Gasteiger partial charge in [0.1, 0.15) is 0 Å². The van der Waals surface area contributed by atoms with Crippen molar-refractivity contribution in [2.45, 2.75) is 32.7 Å². The molecule has 0 aliphatic carbocycles. The van der Waals surface area contributed by atoms with E-state index in [-0.39, 0.29) is 5.91 Å². The first-order valence-corrected chi connectivity index (χ1v) is 11.7. The van der Waals surface area contributed by atoms with E-state index in [9.17, 15) is 4.79 Å². The third-order valence-corrected chi connectivity index (χ3v) is 6.81. The van der Waals surface area contributed by atoms with Crippen LogP contribution in [0.1, 0.15) is 28.3 Å². The van der Waals surface area contributed by atoms with Gasteiger partial charge in [-0.25, -0.2) is 4.98 Å². The van der Waals surface area contributed by atoms with Gasteiger partial charge in [-0.05, 0) is 42.5 Å². The number of para-hydroxylation sites is 2. The van der Waals surface area contributed by atoms with E-state index in [4.69, 9.17) is 4.42 Å². The van der Waals surface area contributed by atoms with Crippen molar-refractivity contribution < 1.29 is 9.21 Å². The predicted octanol–water partition coefficient (Wildman–Crippen LogP) is 5.85. The molecule has 0 saturated heterocycles. The average Bonchev–Trinajstić information content (AvgIpc) is 3.48. The van der Waals surface area contributed by atoms with Crippen molar-refractivity contribution in [3.8, 4) is 11.3 Å². The number of amides is 1. The Hall–Kier alpha value is -3.38. The molecule has 4 aromatic rings. The molecule has 1 aliphatic rings. The van der Waals surface area contributed by atoms with Crippen molar-refractivity contribution >= 4 is 28.6 Å². The largest absolute Gasteiger partial charge is 0.441 e. The molecule has 32 heavy (non-hydrogen) atoms. The van der Waals surface area contributed by atoms with Crippen LogP contribution in [0.5, 0.6) is 0 Å². The smallest absolute Gasteiger partial charge is 0.224 e. The van der Waals surface area contributed by atoms with Gasteiger partial charge in [0.25, 0.3) is 0 Å². The Balaban J connectivity index is 1.21. The Morgan fingerprint density at radius 1 is 1.16 bits per heavy atom. The van der Waals surface area contributed by atoms with Crippen LogP contribution in [0.3, 0.4) is 0 Å². The topological polar surface area (TPSA) is 58.4 Å². The van der Waals surface area contributed by atoms with Crippen molar-refractivity contribution in [3.63, 3.8) is 0 Å². The SMILES string of the molecule is Cc1ccc(-c2cnc(CCC(=O)Nc3ccccc3N3CCc4sccc4C3)o2)cc1. The maximum Gasteiger partial charge on any atom is 0.224 e. The van der Waals surface area contributed by atoms with Gasteiger partial charge in [0.15, 0.2) is 11.7 Å². The van der Waals surface area contributed by atoms with Crippen LogP contribution < -0.4 is 10.2 Å². The average molecular weight is 444 g/mol. The van der Waals surface area contributed by atoms with Gasteiger partial charge in [-0.3, -0.25) is 4.79 Å². The lowest BCUT2D eigenvalue weighted by Crippen LogP contribution is -2.30. The minimum Gasteiger partial charge on any atom is -0.441 e. The fourth-order valence-corrected chi connectivity index (χ4v) is 4.91. The second kappa shape index (κ2) is 9.01. The van der Waals surface area contributed by atoms with Gasteiger partial charge >= 0.3 is 0 Å². The Kier molecular flexibility index (Phi) is 5.77. The fraction of sp³-hybridized carbons (Fsp3) is 0.231. The van der Waals surface area contributed by atoms with E-state index in [0.29, 0.717) is 18.7 Å². The van der Waals surface area contributed by atoms with Crippen LogP contribution >= 0.6 is 11.3 Å². The summed E-state index contributed by atoms with van der Waals surface area (Å²) in [4.78, 5) is 20.9. The molecule has 2 aromatic heterocycles.